The van der Waals surface area contributed by atoms with Crippen LogP contribution in [0.2, 0.25) is 0 Å². The van der Waals surface area contributed by atoms with Crippen LogP contribution >= 0.6 is 0 Å². The molecule has 33 heavy (non-hydrogen) atoms. The van der Waals surface area contributed by atoms with Crippen molar-refractivity contribution in [3.05, 3.63) is 95.8 Å². The van der Waals surface area contributed by atoms with E-state index >= 15 is 0 Å². The van der Waals surface area contributed by atoms with Crippen molar-refractivity contribution in [2.45, 2.75) is 26.2 Å². The van der Waals surface area contributed by atoms with Crippen LogP contribution in [-0.2, 0) is 6.42 Å². The van der Waals surface area contributed by atoms with Crippen molar-refractivity contribution in [3.8, 4) is 5.69 Å². The van der Waals surface area contributed by atoms with Crippen LogP contribution in [0.5, 0.6) is 0 Å². The van der Waals surface area contributed by atoms with E-state index in [4.69, 9.17) is 4.98 Å². The van der Waals surface area contributed by atoms with Gasteiger partial charge in [0, 0.05) is 29.8 Å². The Morgan fingerprint density at radius 1 is 1.03 bits per heavy atom. The fourth-order valence-corrected chi connectivity index (χ4v) is 5.16. The molecule has 0 unspecified atom stereocenters. The number of rotatable bonds is 5. The fourth-order valence-electron chi connectivity index (χ4n) is 5.16. The number of para-hydroxylation sites is 1. The maximum Gasteiger partial charge on any atom is 0.253 e. The standard InChI is InChI=1S/C28H29N3O2/c1-21-29-25-17-23(13-14-26(25)31(21)24-11-6-3-7-12-24)27(33)30-16-8-15-28(19-30,20-32)18-22-9-4-2-5-10-22/h2-7,9-14,17,32H,8,15-16,18-20H2,1H3/t28-/m0/s1. The number of aliphatic hydroxyl groups is 1. The molecule has 1 saturated heterocycles. The molecule has 2 heterocycles. The summed E-state index contributed by atoms with van der Waals surface area (Å²) in [5, 5.41) is 10.3. The number of carbonyl (C=O) groups is 1. The molecule has 5 heteroatoms. The Morgan fingerprint density at radius 2 is 1.76 bits per heavy atom. The van der Waals surface area contributed by atoms with Gasteiger partial charge in [0.25, 0.3) is 5.91 Å². The molecule has 168 valence electrons. The highest BCUT2D eigenvalue weighted by atomic mass is 16.3. The molecular formula is C28H29N3O2. The lowest BCUT2D eigenvalue weighted by Gasteiger charge is -2.42. The lowest BCUT2D eigenvalue weighted by molar-refractivity contribution is 0.0272. The van der Waals surface area contributed by atoms with E-state index in [1.54, 1.807) is 0 Å². The van der Waals surface area contributed by atoms with E-state index in [0.29, 0.717) is 18.7 Å². The number of amides is 1. The molecule has 0 bridgehead atoms. The molecule has 0 aliphatic carbocycles. The Kier molecular flexibility index (Phi) is 5.73. The quantitative estimate of drug-likeness (QED) is 0.486. The van der Waals surface area contributed by atoms with E-state index in [-0.39, 0.29) is 17.9 Å². The molecule has 1 aromatic heterocycles. The van der Waals surface area contributed by atoms with Gasteiger partial charge in [0.1, 0.15) is 5.82 Å². The number of imidazole rings is 1. The maximum absolute atomic E-state index is 13.5. The van der Waals surface area contributed by atoms with Gasteiger partial charge < -0.3 is 10.0 Å². The molecule has 3 aromatic carbocycles. The molecule has 1 aliphatic rings. The zero-order valence-electron chi connectivity index (χ0n) is 18.9. The van der Waals surface area contributed by atoms with E-state index in [9.17, 15) is 9.90 Å². The first kappa shape index (κ1) is 21.4. The summed E-state index contributed by atoms with van der Waals surface area (Å²) in [4.78, 5) is 20.1. The van der Waals surface area contributed by atoms with Crippen LogP contribution in [0, 0.1) is 12.3 Å². The third-order valence-electron chi connectivity index (χ3n) is 6.79. The number of aliphatic hydroxyl groups excluding tert-OH is 1. The molecule has 1 N–H and O–H groups in total. The van der Waals surface area contributed by atoms with Gasteiger partial charge in [-0.2, -0.15) is 0 Å². The summed E-state index contributed by atoms with van der Waals surface area (Å²) in [6, 6.07) is 26.2. The highest BCUT2D eigenvalue weighted by Gasteiger charge is 2.37. The van der Waals surface area contributed by atoms with Gasteiger partial charge in [-0.05, 0) is 62.1 Å². The predicted molar refractivity (Wildman–Crippen MR) is 131 cm³/mol. The van der Waals surface area contributed by atoms with Gasteiger partial charge in [0.2, 0.25) is 0 Å². The van der Waals surface area contributed by atoms with Gasteiger partial charge in [0.05, 0.1) is 17.6 Å². The number of carbonyl (C=O) groups excluding carboxylic acids is 1. The predicted octanol–water partition coefficient (Wildman–Crippen LogP) is 4.79. The van der Waals surface area contributed by atoms with E-state index in [1.165, 1.54) is 5.56 Å². The molecule has 5 rings (SSSR count). The summed E-state index contributed by atoms with van der Waals surface area (Å²) in [6.45, 7) is 3.33. The summed E-state index contributed by atoms with van der Waals surface area (Å²) in [7, 11) is 0. The summed E-state index contributed by atoms with van der Waals surface area (Å²) < 4.78 is 2.11. The number of piperidine rings is 1. The van der Waals surface area contributed by atoms with E-state index in [0.717, 1.165) is 41.8 Å². The van der Waals surface area contributed by atoms with E-state index in [2.05, 4.69) is 28.8 Å². The molecule has 0 spiro atoms. The maximum atomic E-state index is 13.5. The summed E-state index contributed by atoms with van der Waals surface area (Å²) in [5.41, 5.74) is 4.41. The van der Waals surface area contributed by atoms with Crippen LogP contribution in [0.25, 0.3) is 16.7 Å². The summed E-state index contributed by atoms with van der Waals surface area (Å²) in [5.74, 6) is 0.898. The molecule has 5 nitrogen and oxygen atoms in total. The van der Waals surface area contributed by atoms with Crippen molar-refractivity contribution in [2.75, 3.05) is 19.7 Å². The van der Waals surface area contributed by atoms with Crippen LogP contribution in [0.1, 0.15) is 34.6 Å². The van der Waals surface area contributed by atoms with Gasteiger partial charge in [-0.15, -0.1) is 0 Å². The van der Waals surface area contributed by atoms with Crippen LogP contribution < -0.4 is 0 Å². The number of likely N-dealkylation sites (tertiary alicyclic amines) is 1. The number of benzene rings is 3. The van der Waals surface area contributed by atoms with Gasteiger partial charge >= 0.3 is 0 Å². The van der Waals surface area contributed by atoms with Crippen LogP contribution in [0.4, 0.5) is 0 Å². The molecule has 1 aliphatic heterocycles. The average molecular weight is 440 g/mol. The van der Waals surface area contributed by atoms with Crippen LogP contribution in [0.3, 0.4) is 0 Å². The number of aryl methyl sites for hydroxylation is 1. The van der Waals surface area contributed by atoms with Crippen molar-refractivity contribution in [2.24, 2.45) is 5.41 Å². The Morgan fingerprint density at radius 3 is 2.48 bits per heavy atom. The second-order valence-electron chi connectivity index (χ2n) is 9.18. The first-order valence-electron chi connectivity index (χ1n) is 11.6. The van der Waals surface area contributed by atoms with Crippen molar-refractivity contribution in [1.29, 1.82) is 0 Å². The Balaban J connectivity index is 1.41. The van der Waals surface area contributed by atoms with Crippen molar-refractivity contribution >= 4 is 16.9 Å². The molecule has 4 aromatic rings. The fraction of sp³-hybridized carbons (Fsp3) is 0.286. The Bertz CT molecular complexity index is 1270. The van der Waals surface area contributed by atoms with Gasteiger partial charge in [0.15, 0.2) is 0 Å². The number of aromatic nitrogens is 2. The molecule has 1 atom stereocenters. The first-order valence-corrected chi connectivity index (χ1v) is 11.6. The number of hydrogen-bond donors (Lipinski definition) is 1. The monoisotopic (exact) mass is 439 g/mol. The minimum Gasteiger partial charge on any atom is -0.396 e. The minimum atomic E-state index is -0.301. The number of nitrogens with zero attached hydrogens (tertiary/aromatic N) is 3. The van der Waals surface area contributed by atoms with Crippen molar-refractivity contribution in [1.82, 2.24) is 14.5 Å². The smallest absolute Gasteiger partial charge is 0.253 e. The average Bonchev–Trinajstić information content (AvgIpc) is 3.19. The molecular weight excluding hydrogens is 410 g/mol. The SMILES string of the molecule is Cc1nc2cc(C(=O)N3CCC[C@](CO)(Cc4ccccc4)C3)ccc2n1-c1ccccc1. The highest BCUT2D eigenvalue weighted by Crippen LogP contribution is 2.34. The Labute approximate surface area is 194 Å². The second-order valence-corrected chi connectivity index (χ2v) is 9.18. The van der Waals surface area contributed by atoms with E-state index < -0.39 is 0 Å². The van der Waals surface area contributed by atoms with Crippen LogP contribution in [0.15, 0.2) is 78.9 Å². The molecule has 0 saturated carbocycles. The number of fused-ring (bicyclic) bond motifs is 1. The largest absolute Gasteiger partial charge is 0.396 e. The number of hydrogen-bond acceptors (Lipinski definition) is 3. The van der Waals surface area contributed by atoms with Gasteiger partial charge in [-0.3, -0.25) is 9.36 Å². The molecule has 1 fully saturated rings. The third kappa shape index (κ3) is 4.16. The summed E-state index contributed by atoms with van der Waals surface area (Å²) >= 11 is 0. The molecule has 0 radical (unpaired) electrons. The van der Waals surface area contributed by atoms with Crippen LogP contribution in [-0.4, -0.2) is 45.2 Å². The topological polar surface area (TPSA) is 58.4 Å². The van der Waals surface area contributed by atoms with Crippen molar-refractivity contribution < 1.29 is 9.90 Å². The second kappa shape index (κ2) is 8.83. The minimum absolute atomic E-state index is 0.00870. The first-order chi connectivity index (χ1) is 16.1. The lowest BCUT2D eigenvalue weighted by atomic mass is 9.75. The zero-order valence-corrected chi connectivity index (χ0v) is 18.9. The molecule has 1 amide bonds. The zero-order chi connectivity index (χ0) is 22.8. The Hall–Kier alpha value is -3.44. The normalized spacial score (nSPS) is 18.5. The lowest BCUT2D eigenvalue weighted by Crippen LogP contribution is -2.49. The van der Waals surface area contributed by atoms with E-state index in [1.807, 2.05) is 66.4 Å². The third-order valence-corrected chi connectivity index (χ3v) is 6.79. The van der Waals surface area contributed by atoms with Gasteiger partial charge in [-0.25, -0.2) is 4.98 Å². The summed E-state index contributed by atoms with van der Waals surface area (Å²) in [6.07, 6.45) is 2.58. The highest BCUT2D eigenvalue weighted by molar-refractivity contribution is 5.97. The van der Waals surface area contributed by atoms with Crippen molar-refractivity contribution in [3.63, 3.8) is 0 Å². The van der Waals surface area contributed by atoms with Gasteiger partial charge in [-0.1, -0.05) is 48.5 Å².